The highest BCUT2D eigenvalue weighted by atomic mass is 19.1. The molecule has 1 unspecified atom stereocenters. The fourth-order valence-corrected chi connectivity index (χ4v) is 2.84. The Morgan fingerprint density at radius 3 is 2.77 bits per heavy atom. The number of methoxy groups -OCH3 is 2. The highest BCUT2D eigenvalue weighted by Gasteiger charge is 2.24. The van der Waals surface area contributed by atoms with Crippen molar-refractivity contribution < 1.29 is 18.6 Å². The molecule has 1 atom stereocenters. The lowest BCUT2D eigenvalue weighted by atomic mass is 10.2. The fraction of sp³-hybridized carbons (Fsp3) is 0.353. The normalized spacial score (nSPS) is 16.3. The molecule has 0 amide bonds. The lowest BCUT2D eigenvalue weighted by Crippen LogP contribution is -2.24. The quantitative estimate of drug-likeness (QED) is 0.677. The highest BCUT2D eigenvalue weighted by Crippen LogP contribution is 2.30. The monoisotopic (exact) mass is 359 g/mol. The summed E-state index contributed by atoms with van der Waals surface area (Å²) in [6.45, 7) is 1.10. The molecular formula is C17H18FN5O3. The van der Waals surface area contributed by atoms with Gasteiger partial charge in [-0.25, -0.2) is 4.98 Å². The summed E-state index contributed by atoms with van der Waals surface area (Å²) in [5.74, 6) is 1.60. The number of nitrogens with one attached hydrogen (secondary N) is 1. The molecule has 0 spiro atoms. The largest absolute Gasteiger partial charge is 0.493 e. The third-order valence-corrected chi connectivity index (χ3v) is 4.29. The van der Waals surface area contributed by atoms with Crippen LogP contribution >= 0.6 is 0 Å². The van der Waals surface area contributed by atoms with Gasteiger partial charge in [0.25, 0.3) is 0 Å². The Morgan fingerprint density at radius 1 is 1.27 bits per heavy atom. The summed E-state index contributed by atoms with van der Waals surface area (Å²) >= 11 is 0. The molecule has 26 heavy (non-hydrogen) atoms. The number of fused-ring (bicyclic) bond motifs is 1. The van der Waals surface area contributed by atoms with Crippen LogP contribution in [0.3, 0.4) is 0 Å². The van der Waals surface area contributed by atoms with E-state index in [0.717, 1.165) is 12.0 Å². The van der Waals surface area contributed by atoms with Crippen molar-refractivity contribution in [3.05, 3.63) is 36.2 Å². The van der Waals surface area contributed by atoms with Gasteiger partial charge in [0.15, 0.2) is 28.5 Å². The van der Waals surface area contributed by atoms with E-state index < -0.39 is 6.08 Å². The molecule has 1 aliphatic rings. The number of imidazole rings is 1. The zero-order valence-corrected chi connectivity index (χ0v) is 14.4. The van der Waals surface area contributed by atoms with Crippen molar-refractivity contribution in [2.24, 2.45) is 0 Å². The zero-order valence-electron chi connectivity index (χ0n) is 14.4. The molecule has 1 aromatic carbocycles. The van der Waals surface area contributed by atoms with Gasteiger partial charge < -0.3 is 19.5 Å². The van der Waals surface area contributed by atoms with E-state index in [4.69, 9.17) is 14.2 Å². The lowest BCUT2D eigenvalue weighted by molar-refractivity contribution is -0.0974. The Kier molecular flexibility index (Phi) is 4.29. The van der Waals surface area contributed by atoms with Gasteiger partial charge in [0.05, 0.1) is 27.2 Å². The third-order valence-electron chi connectivity index (χ3n) is 4.29. The summed E-state index contributed by atoms with van der Waals surface area (Å²) in [4.78, 5) is 12.0. The van der Waals surface area contributed by atoms with E-state index in [1.165, 1.54) is 0 Å². The van der Waals surface area contributed by atoms with E-state index in [1.807, 2.05) is 18.2 Å². The SMILES string of the molecule is COc1ccc(CNc2nc(F)nc3c2ncn3C2CCO2)cc1OC. The molecule has 0 aliphatic carbocycles. The minimum absolute atomic E-state index is 0.145. The Labute approximate surface area is 148 Å². The molecule has 0 bridgehead atoms. The van der Waals surface area contributed by atoms with Gasteiger partial charge in [-0.15, -0.1) is 0 Å². The zero-order chi connectivity index (χ0) is 18.1. The van der Waals surface area contributed by atoms with Gasteiger partial charge in [0.1, 0.15) is 6.23 Å². The van der Waals surface area contributed by atoms with Gasteiger partial charge in [-0.05, 0) is 17.7 Å². The minimum atomic E-state index is -0.812. The van der Waals surface area contributed by atoms with Crippen molar-refractivity contribution in [3.8, 4) is 11.5 Å². The van der Waals surface area contributed by atoms with E-state index >= 15 is 0 Å². The van der Waals surface area contributed by atoms with E-state index in [1.54, 1.807) is 25.1 Å². The van der Waals surface area contributed by atoms with Crippen molar-refractivity contribution >= 4 is 17.0 Å². The predicted molar refractivity (Wildman–Crippen MR) is 91.8 cm³/mol. The smallest absolute Gasteiger partial charge is 0.312 e. The Hall–Kier alpha value is -2.94. The molecule has 0 radical (unpaired) electrons. The number of hydrogen-bond donors (Lipinski definition) is 1. The van der Waals surface area contributed by atoms with Crippen molar-refractivity contribution in [3.63, 3.8) is 0 Å². The van der Waals surface area contributed by atoms with E-state index in [2.05, 4.69) is 20.3 Å². The first-order valence-electron chi connectivity index (χ1n) is 8.16. The van der Waals surface area contributed by atoms with Crippen LogP contribution in [0.25, 0.3) is 11.2 Å². The van der Waals surface area contributed by atoms with Crippen LogP contribution in [-0.2, 0) is 11.3 Å². The van der Waals surface area contributed by atoms with Crippen molar-refractivity contribution in [1.29, 1.82) is 0 Å². The maximum atomic E-state index is 13.9. The van der Waals surface area contributed by atoms with Crippen LogP contribution in [-0.4, -0.2) is 40.3 Å². The van der Waals surface area contributed by atoms with Crippen molar-refractivity contribution in [1.82, 2.24) is 19.5 Å². The van der Waals surface area contributed by atoms with Crippen LogP contribution in [0.5, 0.6) is 11.5 Å². The number of benzene rings is 1. The topological polar surface area (TPSA) is 83.3 Å². The summed E-state index contributed by atoms with van der Waals surface area (Å²) in [7, 11) is 3.16. The van der Waals surface area contributed by atoms with Crippen LogP contribution in [0.4, 0.5) is 10.2 Å². The van der Waals surface area contributed by atoms with Gasteiger partial charge in [0, 0.05) is 13.0 Å². The Morgan fingerprint density at radius 2 is 2.08 bits per heavy atom. The van der Waals surface area contributed by atoms with Gasteiger partial charge >= 0.3 is 6.08 Å². The summed E-state index contributed by atoms with van der Waals surface area (Å²) in [5.41, 5.74) is 1.84. The fourth-order valence-electron chi connectivity index (χ4n) is 2.84. The molecule has 1 aliphatic heterocycles. The standard InChI is InChI=1S/C17H18FN5O3/c1-24-11-4-3-10(7-12(11)25-2)8-19-15-14-16(22-17(18)21-15)23(9-20-14)13-5-6-26-13/h3-4,7,9,13H,5-6,8H2,1-2H3,(H,19,21,22). The predicted octanol–water partition coefficient (Wildman–Crippen LogP) is 2.51. The van der Waals surface area contributed by atoms with Crippen LogP contribution in [0.2, 0.25) is 0 Å². The number of aromatic nitrogens is 4. The molecule has 9 heteroatoms. The molecule has 2 aromatic heterocycles. The van der Waals surface area contributed by atoms with Crippen LogP contribution in [0, 0.1) is 6.08 Å². The van der Waals surface area contributed by atoms with Crippen LogP contribution in [0.1, 0.15) is 18.2 Å². The number of hydrogen-bond acceptors (Lipinski definition) is 7. The summed E-state index contributed by atoms with van der Waals surface area (Å²) < 4.78 is 31.6. The molecule has 1 N–H and O–H groups in total. The number of ether oxygens (including phenoxy) is 3. The first kappa shape index (κ1) is 16.5. The molecule has 3 heterocycles. The van der Waals surface area contributed by atoms with Crippen LogP contribution in [0.15, 0.2) is 24.5 Å². The van der Waals surface area contributed by atoms with Gasteiger partial charge in [-0.3, -0.25) is 4.57 Å². The number of rotatable bonds is 6. The number of halogens is 1. The second kappa shape index (κ2) is 6.75. The molecular weight excluding hydrogens is 341 g/mol. The number of nitrogens with zero attached hydrogens (tertiary/aromatic N) is 4. The molecule has 3 aromatic rings. The minimum Gasteiger partial charge on any atom is -0.493 e. The van der Waals surface area contributed by atoms with Crippen molar-refractivity contribution in [2.45, 2.75) is 19.2 Å². The molecule has 8 nitrogen and oxygen atoms in total. The highest BCUT2D eigenvalue weighted by molar-refractivity contribution is 5.82. The second-order valence-electron chi connectivity index (χ2n) is 5.82. The first-order valence-corrected chi connectivity index (χ1v) is 8.16. The maximum Gasteiger partial charge on any atom is 0.312 e. The second-order valence-corrected chi connectivity index (χ2v) is 5.82. The van der Waals surface area contributed by atoms with Gasteiger partial charge in [0.2, 0.25) is 0 Å². The molecule has 1 saturated heterocycles. The molecule has 4 rings (SSSR count). The summed E-state index contributed by atoms with van der Waals surface area (Å²) in [5, 5.41) is 3.12. The Balaban J connectivity index is 1.60. The summed E-state index contributed by atoms with van der Waals surface area (Å²) in [6, 6.07) is 5.56. The van der Waals surface area contributed by atoms with E-state index in [9.17, 15) is 4.39 Å². The summed E-state index contributed by atoms with van der Waals surface area (Å²) in [6.07, 6.45) is 1.50. The number of anilines is 1. The van der Waals surface area contributed by atoms with E-state index in [0.29, 0.717) is 41.6 Å². The third kappa shape index (κ3) is 2.90. The van der Waals surface area contributed by atoms with E-state index in [-0.39, 0.29) is 6.23 Å². The average Bonchev–Trinajstić information content (AvgIpc) is 3.01. The van der Waals surface area contributed by atoms with Crippen molar-refractivity contribution in [2.75, 3.05) is 26.1 Å². The molecule has 1 fully saturated rings. The van der Waals surface area contributed by atoms with Gasteiger partial charge in [-0.2, -0.15) is 14.4 Å². The van der Waals surface area contributed by atoms with Gasteiger partial charge in [-0.1, -0.05) is 6.07 Å². The lowest BCUT2D eigenvalue weighted by Gasteiger charge is -2.27. The molecule has 136 valence electrons. The maximum absolute atomic E-state index is 13.9. The van der Waals surface area contributed by atoms with Crippen LogP contribution < -0.4 is 14.8 Å². The molecule has 0 saturated carbocycles. The average molecular weight is 359 g/mol. The Bertz CT molecular complexity index is 942. The first-order chi connectivity index (χ1) is 12.7.